The Kier molecular flexibility index (Phi) is 1.19. The molecule has 1 aromatic carbocycles. The van der Waals surface area contributed by atoms with Crippen LogP contribution in [0.15, 0.2) is 36.5 Å². The van der Waals surface area contributed by atoms with Gasteiger partial charge in [0.05, 0.1) is 5.52 Å². The smallest absolute Gasteiger partial charge is 0.352 e. The molecular weight excluding hydrogens is 178 g/mol. The van der Waals surface area contributed by atoms with Crippen LogP contribution in [0.4, 0.5) is 0 Å². The Bertz CT molecular complexity index is 624. The first-order chi connectivity index (χ1) is 6.77. The van der Waals surface area contributed by atoms with Gasteiger partial charge in [0.15, 0.2) is 0 Å². The molecule has 0 radical (unpaired) electrons. The zero-order valence-corrected chi connectivity index (χ0v) is 7.27. The minimum absolute atomic E-state index is 0.321. The first kappa shape index (κ1) is 7.38. The summed E-state index contributed by atoms with van der Waals surface area (Å²) in [6, 6.07) is 9.46. The van der Waals surface area contributed by atoms with E-state index in [4.69, 9.17) is 5.11 Å². The highest BCUT2D eigenvalue weighted by molar-refractivity contribution is 6.02. The fraction of sp³-hybridized carbons (Fsp3) is 0. The lowest BCUT2D eigenvalue weighted by Crippen LogP contribution is -1.99. The van der Waals surface area contributed by atoms with E-state index in [-0.39, 0.29) is 0 Å². The van der Waals surface area contributed by atoms with Crippen LogP contribution in [0.3, 0.4) is 0 Å². The highest BCUT2D eigenvalue weighted by Gasteiger charge is 2.13. The summed E-state index contributed by atoms with van der Waals surface area (Å²) >= 11 is 0. The Morgan fingerprint density at radius 2 is 2.00 bits per heavy atom. The quantitative estimate of drug-likeness (QED) is 0.631. The number of aromatic nitrogens is 1. The number of benzene rings is 1. The van der Waals surface area contributed by atoms with Crippen molar-refractivity contribution >= 4 is 22.3 Å². The van der Waals surface area contributed by atoms with Crippen molar-refractivity contribution in [2.24, 2.45) is 0 Å². The van der Waals surface area contributed by atoms with Gasteiger partial charge in [0.25, 0.3) is 0 Å². The summed E-state index contributed by atoms with van der Waals surface area (Å²) in [7, 11) is 0. The van der Waals surface area contributed by atoms with Gasteiger partial charge in [-0.05, 0) is 12.1 Å². The molecule has 3 nitrogen and oxygen atoms in total. The van der Waals surface area contributed by atoms with Crippen LogP contribution in [0, 0.1) is 0 Å². The third-order valence-corrected chi connectivity index (χ3v) is 2.51. The van der Waals surface area contributed by atoms with Crippen molar-refractivity contribution < 1.29 is 9.90 Å². The van der Waals surface area contributed by atoms with E-state index in [0.29, 0.717) is 5.69 Å². The van der Waals surface area contributed by atoms with Crippen molar-refractivity contribution in [1.82, 2.24) is 4.40 Å². The molecule has 0 aliphatic rings. The topological polar surface area (TPSA) is 41.7 Å². The molecule has 3 rings (SSSR count). The van der Waals surface area contributed by atoms with Crippen LogP contribution in [-0.2, 0) is 0 Å². The molecule has 0 atom stereocenters. The van der Waals surface area contributed by atoms with Gasteiger partial charge in [0, 0.05) is 17.0 Å². The van der Waals surface area contributed by atoms with E-state index in [1.54, 1.807) is 16.7 Å². The van der Waals surface area contributed by atoms with Crippen LogP contribution >= 0.6 is 0 Å². The molecule has 0 saturated carbocycles. The number of carboxylic acid groups (broad SMARTS) is 1. The molecular formula is C11H7NO2. The monoisotopic (exact) mass is 185 g/mol. The average molecular weight is 185 g/mol. The number of hydrogen-bond donors (Lipinski definition) is 1. The summed E-state index contributed by atoms with van der Waals surface area (Å²) in [6.45, 7) is 0. The number of rotatable bonds is 1. The molecule has 0 aliphatic carbocycles. The van der Waals surface area contributed by atoms with E-state index in [2.05, 4.69) is 0 Å². The SMILES string of the molecule is O=C(O)c1cc2cccc3ccn1c32. The number of aromatic carboxylic acids is 1. The highest BCUT2D eigenvalue weighted by Crippen LogP contribution is 2.25. The van der Waals surface area contributed by atoms with Crippen molar-refractivity contribution in [2.75, 3.05) is 0 Å². The predicted octanol–water partition coefficient (Wildman–Crippen LogP) is 2.23. The first-order valence-corrected chi connectivity index (χ1v) is 4.33. The maximum absolute atomic E-state index is 10.9. The molecule has 2 aromatic heterocycles. The van der Waals surface area contributed by atoms with Crippen molar-refractivity contribution in [1.29, 1.82) is 0 Å². The van der Waals surface area contributed by atoms with Gasteiger partial charge in [0.2, 0.25) is 0 Å². The van der Waals surface area contributed by atoms with Crippen LogP contribution < -0.4 is 0 Å². The van der Waals surface area contributed by atoms with Gasteiger partial charge in [0.1, 0.15) is 5.69 Å². The van der Waals surface area contributed by atoms with Gasteiger partial charge < -0.3 is 9.51 Å². The number of para-hydroxylation sites is 1. The largest absolute Gasteiger partial charge is 0.477 e. The lowest BCUT2D eigenvalue weighted by atomic mass is 10.2. The summed E-state index contributed by atoms with van der Waals surface area (Å²) in [6.07, 6.45) is 1.79. The van der Waals surface area contributed by atoms with Gasteiger partial charge in [-0.1, -0.05) is 18.2 Å². The van der Waals surface area contributed by atoms with Crippen LogP contribution in [-0.4, -0.2) is 15.5 Å². The molecule has 1 N–H and O–H groups in total. The van der Waals surface area contributed by atoms with Crippen molar-refractivity contribution in [2.45, 2.75) is 0 Å². The maximum Gasteiger partial charge on any atom is 0.352 e. The molecule has 0 amide bonds. The fourth-order valence-electron chi connectivity index (χ4n) is 1.92. The number of nitrogens with zero attached hydrogens (tertiary/aromatic N) is 1. The third kappa shape index (κ3) is 0.738. The molecule has 0 spiro atoms. The second kappa shape index (κ2) is 2.26. The van der Waals surface area contributed by atoms with Gasteiger partial charge in [-0.2, -0.15) is 0 Å². The molecule has 68 valence electrons. The molecule has 3 aromatic rings. The first-order valence-electron chi connectivity index (χ1n) is 4.33. The predicted molar refractivity (Wildman–Crippen MR) is 53.0 cm³/mol. The molecule has 0 unspecified atom stereocenters. The van der Waals surface area contributed by atoms with E-state index in [1.165, 1.54) is 0 Å². The molecule has 0 bridgehead atoms. The van der Waals surface area contributed by atoms with Crippen molar-refractivity contribution in [3.05, 3.63) is 42.2 Å². The van der Waals surface area contributed by atoms with E-state index in [0.717, 1.165) is 16.3 Å². The van der Waals surface area contributed by atoms with E-state index >= 15 is 0 Å². The van der Waals surface area contributed by atoms with Gasteiger partial charge in [-0.25, -0.2) is 4.79 Å². The number of carbonyl (C=O) groups is 1. The molecule has 0 fully saturated rings. The highest BCUT2D eigenvalue weighted by atomic mass is 16.4. The normalized spacial score (nSPS) is 11.4. The Balaban J connectivity index is 2.59. The number of hydrogen-bond acceptors (Lipinski definition) is 1. The van der Waals surface area contributed by atoms with Crippen LogP contribution in [0.5, 0.6) is 0 Å². The van der Waals surface area contributed by atoms with E-state index < -0.39 is 5.97 Å². The summed E-state index contributed by atoms with van der Waals surface area (Å²) < 4.78 is 1.72. The summed E-state index contributed by atoms with van der Waals surface area (Å²) in [5.41, 5.74) is 1.31. The summed E-state index contributed by atoms with van der Waals surface area (Å²) in [5.74, 6) is -0.890. The van der Waals surface area contributed by atoms with Gasteiger partial charge >= 0.3 is 5.97 Å². The lowest BCUT2D eigenvalue weighted by Gasteiger charge is -1.91. The third-order valence-electron chi connectivity index (χ3n) is 2.51. The van der Waals surface area contributed by atoms with Crippen LogP contribution in [0.2, 0.25) is 0 Å². The second-order valence-corrected chi connectivity index (χ2v) is 3.31. The van der Waals surface area contributed by atoms with Crippen LogP contribution in [0.25, 0.3) is 16.3 Å². The Hall–Kier alpha value is -2.03. The molecule has 3 heteroatoms. The number of carboxylic acids is 1. The maximum atomic E-state index is 10.9. The minimum Gasteiger partial charge on any atom is -0.477 e. The summed E-state index contributed by atoms with van der Waals surface area (Å²) in [4.78, 5) is 10.9. The van der Waals surface area contributed by atoms with Crippen LogP contribution in [0.1, 0.15) is 10.5 Å². The van der Waals surface area contributed by atoms with Gasteiger partial charge in [-0.3, -0.25) is 0 Å². The van der Waals surface area contributed by atoms with E-state index in [1.807, 2.05) is 24.3 Å². The standard InChI is InChI=1S/C11H7NO2/c13-11(14)9-6-8-3-1-2-7-4-5-12(9)10(7)8/h1-6H,(H,13,14). The molecule has 14 heavy (non-hydrogen) atoms. The Morgan fingerprint density at radius 1 is 1.21 bits per heavy atom. The van der Waals surface area contributed by atoms with Gasteiger partial charge in [-0.15, -0.1) is 0 Å². The zero-order valence-electron chi connectivity index (χ0n) is 7.27. The fourth-order valence-corrected chi connectivity index (χ4v) is 1.92. The minimum atomic E-state index is -0.890. The van der Waals surface area contributed by atoms with E-state index in [9.17, 15) is 4.79 Å². The second-order valence-electron chi connectivity index (χ2n) is 3.31. The summed E-state index contributed by atoms with van der Waals surface area (Å²) in [5, 5.41) is 11.0. The molecule has 0 saturated heterocycles. The molecule has 2 heterocycles. The lowest BCUT2D eigenvalue weighted by molar-refractivity contribution is 0.0689. The Morgan fingerprint density at radius 3 is 2.79 bits per heavy atom. The zero-order chi connectivity index (χ0) is 9.71. The molecule has 0 aliphatic heterocycles. The van der Waals surface area contributed by atoms with Crippen molar-refractivity contribution in [3.63, 3.8) is 0 Å². The Labute approximate surface area is 79.5 Å². The average Bonchev–Trinajstić information content (AvgIpc) is 2.72. The van der Waals surface area contributed by atoms with Crippen molar-refractivity contribution in [3.8, 4) is 0 Å².